The Morgan fingerprint density at radius 3 is 2.33 bits per heavy atom. The summed E-state index contributed by atoms with van der Waals surface area (Å²) in [5.41, 5.74) is 10.3. The number of nitrogen functional groups attached to an aromatic ring is 1. The summed E-state index contributed by atoms with van der Waals surface area (Å²) in [5.74, 6) is 1.30. The van der Waals surface area contributed by atoms with Crippen LogP contribution in [-0.2, 0) is 5.41 Å². The highest BCUT2D eigenvalue weighted by Gasteiger charge is 2.26. The van der Waals surface area contributed by atoms with Gasteiger partial charge in [-0.1, -0.05) is 44.1 Å². The van der Waals surface area contributed by atoms with Gasteiger partial charge in [0.05, 0.1) is 5.56 Å². The van der Waals surface area contributed by atoms with Gasteiger partial charge in [0, 0.05) is 5.41 Å². The van der Waals surface area contributed by atoms with Crippen LogP contribution in [0.4, 0.5) is 5.82 Å². The van der Waals surface area contributed by atoms with Crippen LogP contribution in [0.2, 0.25) is 0 Å². The number of anilines is 1. The van der Waals surface area contributed by atoms with E-state index in [1.807, 2.05) is 0 Å². The molecule has 0 radical (unpaired) electrons. The SMILES string of the molecule is Cc1ccc(-c2c(N)noc2C(C)(C)C)cc1C. The normalized spacial score (nSPS) is 11.8. The number of aromatic nitrogens is 1. The summed E-state index contributed by atoms with van der Waals surface area (Å²) >= 11 is 0. The molecule has 0 saturated heterocycles. The lowest BCUT2D eigenvalue weighted by Gasteiger charge is -2.16. The molecule has 1 heterocycles. The zero-order valence-corrected chi connectivity index (χ0v) is 11.7. The predicted octanol–water partition coefficient (Wildman–Crippen LogP) is 3.84. The number of nitrogens with zero attached hydrogens (tertiary/aromatic N) is 1. The maximum atomic E-state index is 5.95. The molecule has 0 fully saturated rings. The molecule has 0 atom stereocenters. The summed E-state index contributed by atoms with van der Waals surface area (Å²) in [6.45, 7) is 10.5. The van der Waals surface area contributed by atoms with Crippen molar-refractivity contribution in [2.75, 3.05) is 5.73 Å². The van der Waals surface area contributed by atoms with Gasteiger partial charge in [-0.2, -0.15) is 0 Å². The Labute approximate surface area is 108 Å². The molecular weight excluding hydrogens is 224 g/mol. The standard InChI is InChI=1S/C15H20N2O/c1-9-6-7-11(8-10(9)2)12-13(15(3,4)5)18-17-14(12)16/h6-8H,1-5H3,(H2,16,17). The molecule has 0 saturated carbocycles. The maximum absolute atomic E-state index is 5.95. The van der Waals surface area contributed by atoms with Crippen molar-refractivity contribution in [2.45, 2.75) is 40.0 Å². The maximum Gasteiger partial charge on any atom is 0.175 e. The Balaban J connectivity index is 2.63. The summed E-state index contributed by atoms with van der Waals surface area (Å²) in [6, 6.07) is 6.30. The van der Waals surface area contributed by atoms with Crippen LogP contribution < -0.4 is 5.73 Å². The zero-order chi connectivity index (χ0) is 13.5. The lowest BCUT2D eigenvalue weighted by Crippen LogP contribution is -2.11. The largest absolute Gasteiger partial charge is 0.380 e. The molecule has 2 rings (SSSR count). The van der Waals surface area contributed by atoms with Crippen LogP contribution in [0, 0.1) is 13.8 Å². The van der Waals surface area contributed by atoms with Gasteiger partial charge in [0.15, 0.2) is 11.6 Å². The second kappa shape index (κ2) is 4.16. The van der Waals surface area contributed by atoms with Crippen LogP contribution in [0.1, 0.15) is 37.7 Å². The fourth-order valence-corrected chi connectivity index (χ4v) is 1.99. The van der Waals surface area contributed by atoms with E-state index in [1.165, 1.54) is 11.1 Å². The van der Waals surface area contributed by atoms with Crippen LogP contribution in [0.3, 0.4) is 0 Å². The van der Waals surface area contributed by atoms with E-state index in [0.29, 0.717) is 5.82 Å². The minimum atomic E-state index is -0.112. The Morgan fingerprint density at radius 1 is 1.11 bits per heavy atom. The molecule has 3 heteroatoms. The Kier molecular flexibility index (Phi) is 2.93. The number of benzene rings is 1. The fraction of sp³-hybridized carbons (Fsp3) is 0.400. The molecule has 0 bridgehead atoms. The van der Waals surface area contributed by atoms with Crippen molar-refractivity contribution >= 4 is 5.82 Å². The molecule has 0 aliphatic carbocycles. The first kappa shape index (κ1) is 12.7. The van der Waals surface area contributed by atoms with E-state index in [0.717, 1.165) is 16.9 Å². The molecule has 3 nitrogen and oxygen atoms in total. The van der Waals surface area contributed by atoms with Gasteiger partial charge in [0.25, 0.3) is 0 Å². The molecule has 0 aliphatic rings. The summed E-state index contributed by atoms with van der Waals surface area (Å²) in [7, 11) is 0. The van der Waals surface area contributed by atoms with E-state index in [2.05, 4.69) is 58.0 Å². The van der Waals surface area contributed by atoms with Crippen LogP contribution in [0.25, 0.3) is 11.1 Å². The van der Waals surface area contributed by atoms with Gasteiger partial charge in [-0.15, -0.1) is 0 Å². The third-order valence-electron chi connectivity index (χ3n) is 3.20. The quantitative estimate of drug-likeness (QED) is 0.829. The van der Waals surface area contributed by atoms with Crippen LogP contribution in [-0.4, -0.2) is 5.16 Å². The topological polar surface area (TPSA) is 52.0 Å². The molecule has 1 aromatic carbocycles. The van der Waals surface area contributed by atoms with E-state index in [1.54, 1.807) is 0 Å². The highest BCUT2D eigenvalue weighted by atomic mass is 16.5. The van der Waals surface area contributed by atoms with Crippen molar-refractivity contribution < 1.29 is 4.52 Å². The molecule has 2 N–H and O–H groups in total. The van der Waals surface area contributed by atoms with Gasteiger partial charge in [-0.3, -0.25) is 0 Å². The van der Waals surface area contributed by atoms with Crippen molar-refractivity contribution in [3.05, 3.63) is 35.1 Å². The lowest BCUT2D eigenvalue weighted by atomic mass is 9.87. The van der Waals surface area contributed by atoms with E-state index >= 15 is 0 Å². The molecule has 0 aliphatic heterocycles. The Morgan fingerprint density at radius 2 is 1.78 bits per heavy atom. The van der Waals surface area contributed by atoms with Crippen molar-refractivity contribution in [3.63, 3.8) is 0 Å². The first-order chi connectivity index (χ1) is 8.30. The number of aryl methyl sites for hydroxylation is 2. The number of hydrogen-bond donors (Lipinski definition) is 1. The molecule has 0 unspecified atom stereocenters. The molecule has 0 amide bonds. The van der Waals surface area contributed by atoms with E-state index in [9.17, 15) is 0 Å². The van der Waals surface area contributed by atoms with Gasteiger partial charge in [0.1, 0.15) is 0 Å². The minimum Gasteiger partial charge on any atom is -0.380 e. The second-order valence-corrected chi connectivity index (χ2v) is 5.82. The Hall–Kier alpha value is -1.77. The highest BCUT2D eigenvalue weighted by Crippen LogP contribution is 2.37. The van der Waals surface area contributed by atoms with Gasteiger partial charge in [0.2, 0.25) is 0 Å². The number of hydrogen-bond acceptors (Lipinski definition) is 3. The van der Waals surface area contributed by atoms with Crippen molar-refractivity contribution in [1.82, 2.24) is 5.16 Å². The fourth-order valence-electron chi connectivity index (χ4n) is 1.99. The molecule has 2 aromatic rings. The smallest absolute Gasteiger partial charge is 0.175 e. The summed E-state index contributed by atoms with van der Waals surface area (Å²) in [6.07, 6.45) is 0. The number of nitrogens with two attached hydrogens (primary N) is 1. The van der Waals surface area contributed by atoms with Crippen LogP contribution in [0.15, 0.2) is 22.7 Å². The summed E-state index contributed by atoms with van der Waals surface area (Å²) in [4.78, 5) is 0. The summed E-state index contributed by atoms with van der Waals surface area (Å²) < 4.78 is 5.41. The van der Waals surface area contributed by atoms with Crippen molar-refractivity contribution in [2.24, 2.45) is 0 Å². The molecule has 96 valence electrons. The van der Waals surface area contributed by atoms with Gasteiger partial charge < -0.3 is 10.3 Å². The Bertz CT molecular complexity index is 577. The lowest BCUT2D eigenvalue weighted by molar-refractivity contribution is 0.332. The molecule has 0 spiro atoms. The third-order valence-corrected chi connectivity index (χ3v) is 3.20. The summed E-state index contributed by atoms with van der Waals surface area (Å²) in [5, 5.41) is 3.91. The van der Waals surface area contributed by atoms with Crippen molar-refractivity contribution in [1.29, 1.82) is 0 Å². The van der Waals surface area contributed by atoms with Crippen molar-refractivity contribution in [3.8, 4) is 11.1 Å². The highest BCUT2D eigenvalue weighted by molar-refractivity contribution is 5.77. The second-order valence-electron chi connectivity index (χ2n) is 5.82. The molecular formula is C15H20N2O. The van der Waals surface area contributed by atoms with Gasteiger partial charge >= 0.3 is 0 Å². The molecule has 1 aromatic heterocycles. The zero-order valence-electron chi connectivity index (χ0n) is 11.7. The third kappa shape index (κ3) is 2.13. The predicted molar refractivity (Wildman–Crippen MR) is 74.5 cm³/mol. The van der Waals surface area contributed by atoms with E-state index in [-0.39, 0.29) is 5.41 Å². The molecule has 18 heavy (non-hydrogen) atoms. The first-order valence-corrected chi connectivity index (χ1v) is 6.14. The van der Waals surface area contributed by atoms with Crippen LogP contribution in [0.5, 0.6) is 0 Å². The minimum absolute atomic E-state index is 0.112. The monoisotopic (exact) mass is 244 g/mol. The van der Waals surface area contributed by atoms with Gasteiger partial charge in [-0.25, -0.2) is 0 Å². The van der Waals surface area contributed by atoms with Crippen LogP contribution >= 0.6 is 0 Å². The van der Waals surface area contributed by atoms with E-state index in [4.69, 9.17) is 10.3 Å². The average molecular weight is 244 g/mol. The first-order valence-electron chi connectivity index (χ1n) is 6.14. The van der Waals surface area contributed by atoms with E-state index < -0.39 is 0 Å². The van der Waals surface area contributed by atoms with Gasteiger partial charge in [-0.05, 0) is 30.5 Å². The number of rotatable bonds is 1. The average Bonchev–Trinajstić information content (AvgIpc) is 2.64.